The molecule has 5 aromatic rings. The predicted molar refractivity (Wildman–Crippen MR) is 161 cm³/mol. The minimum atomic E-state index is -1.01. The number of anilines is 1. The number of rotatable bonds is 11. The summed E-state index contributed by atoms with van der Waals surface area (Å²) in [7, 11) is 1.65. The van der Waals surface area contributed by atoms with Crippen molar-refractivity contribution in [1.29, 1.82) is 0 Å². The second-order valence-electron chi connectivity index (χ2n) is 9.60. The molecule has 2 heterocycles. The maximum Gasteiger partial charge on any atom is 0.304 e. The summed E-state index contributed by atoms with van der Waals surface area (Å²) in [6, 6.07) is 31.1. The summed E-state index contributed by atoms with van der Waals surface area (Å²) >= 11 is 1.35. The lowest BCUT2D eigenvalue weighted by Gasteiger charge is -2.21. The van der Waals surface area contributed by atoms with E-state index in [4.69, 9.17) is 9.72 Å². The molecule has 206 valence electrons. The molecule has 0 saturated heterocycles. The molecular weight excluding hydrogens is 534 g/mol. The Balaban J connectivity index is 1.32. The summed E-state index contributed by atoms with van der Waals surface area (Å²) in [5, 5.41) is 11.9. The van der Waals surface area contributed by atoms with Gasteiger partial charge in [-0.25, -0.2) is 9.97 Å². The lowest BCUT2D eigenvalue weighted by atomic mass is 9.95. The summed E-state index contributed by atoms with van der Waals surface area (Å²) in [6.45, 7) is 0.441. The quantitative estimate of drug-likeness (QED) is 0.191. The van der Waals surface area contributed by atoms with Gasteiger partial charge in [-0.1, -0.05) is 84.9 Å². The molecule has 41 heavy (non-hydrogen) atoms. The van der Waals surface area contributed by atoms with Crippen molar-refractivity contribution < 1.29 is 19.4 Å². The number of benzene rings is 3. The largest absolute Gasteiger partial charge is 0.481 e. The maximum absolute atomic E-state index is 13.4. The minimum absolute atomic E-state index is 0.253. The number of carboxylic acid groups (broad SMARTS) is 1. The molecule has 1 unspecified atom stereocenters. The number of carbonyl (C=O) groups excluding carboxylic acids is 1. The van der Waals surface area contributed by atoms with E-state index in [2.05, 4.69) is 4.98 Å². The van der Waals surface area contributed by atoms with Crippen LogP contribution in [0.25, 0.3) is 22.4 Å². The smallest absolute Gasteiger partial charge is 0.304 e. The van der Waals surface area contributed by atoms with E-state index in [1.54, 1.807) is 13.2 Å². The van der Waals surface area contributed by atoms with E-state index in [0.717, 1.165) is 33.5 Å². The van der Waals surface area contributed by atoms with Crippen molar-refractivity contribution in [3.8, 4) is 28.3 Å². The van der Waals surface area contributed by atoms with Gasteiger partial charge in [0.1, 0.15) is 6.61 Å². The number of thiazole rings is 1. The van der Waals surface area contributed by atoms with Crippen molar-refractivity contribution in [2.24, 2.45) is 5.92 Å². The van der Waals surface area contributed by atoms with Crippen LogP contribution in [0, 0.1) is 5.92 Å². The van der Waals surface area contributed by atoms with Crippen molar-refractivity contribution in [3.05, 3.63) is 120 Å². The highest BCUT2D eigenvalue weighted by atomic mass is 32.1. The summed E-state index contributed by atoms with van der Waals surface area (Å²) in [6.07, 6.45) is 1.87. The van der Waals surface area contributed by atoms with Gasteiger partial charge in [-0.15, -0.1) is 11.3 Å². The number of hydrogen-bond acceptors (Lipinski definition) is 6. The van der Waals surface area contributed by atoms with Gasteiger partial charge in [-0.3, -0.25) is 14.5 Å². The van der Waals surface area contributed by atoms with Crippen LogP contribution >= 0.6 is 11.3 Å². The molecule has 0 saturated carbocycles. The van der Waals surface area contributed by atoms with Crippen LogP contribution in [0.5, 0.6) is 5.88 Å². The molecule has 0 aliphatic rings. The first kappa shape index (κ1) is 27.7. The third-order valence-electron chi connectivity index (χ3n) is 6.68. The number of hydrogen-bond donors (Lipinski definition) is 1. The number of ether oxygens (including phenoxy) is 1. The Bertz CT molecular complexity index is 1600. The number of nitrogens with zero attached hydrogens (tertiary/aromatic N) is 3. The highest BCUT2D eigenvalue weighted by Crippen LogP contribution is 2.35. The zero-order valence-electron chi connectivity index (χ0n) is 22.5. The summed E-state index contributed by atoms with van der Waals surface area (Å²) in [5.41, 5.74) is 5.48. The molecule has 0 radical (unpaired) electrons. The molecule has 1 N–H and O–H groups in total. The maximum atomic E-state index is 13.4. The molecular formula is C33H29N3O4S. The average molecular weight is 564 g/mol. The molecule has 1 atom stereocenters. The molecule has 0 bridgehead atoms. The van der Waals surface area contributed by atoms with E-state index >= 15 is 0 Å². The molecule has 8 heteroatoms. The van der Waals surface area contributed by atoms with Gasteiger partial charge in [0.2, 0.25) is 11.8 Å². The van der Waals surface area contributed by atoms with Crippen molar-refractivity contribution >= 4 is 28.3 Å². The lowest BCUT2D eigenvalue weighted by Crippen LogP contribution is -2.35. The van der Waals surface area contributed by atoms with E-state index in [0.29, 0.717) is 24.0 Å². The Morgan fingerprint density at radius 1 is 0.878 bits per heavy atom. The molecule has 0 fully saturated rings. The van der Waals surface area contributed by atoms with Gasteiger partial charge in [0.15, 0.2) is 5.13 Å². The third kappa shape index (κ3) is 7.04. The van der Waals surface area contributed by atoms with Crippen molar-refractivity contribution in [2.45, 2.75) is 19.4 Å². The fraction of sp³-hybridized carbons (Fsp3) is 0.152. The molecule has 0 aliphatic heterocycles. The molecule has 5 rings (SSSR count). The zero-order valence-corrected chi connectivity index (χ0v) is 23.3. The second kappa shape index (κ2) is 13.0. The number of aliphatic carboxylic acids is 1. The average Bonchev–Trinajstić information content (AvgIpc) is 3.50. The van der Waals surface area contributed by atoms with E-state index < -0.39 is 11.9 Å². The first-order valence-electron chi connectivity index (χ1n) is 13.2. The molecule has 1 amide bonds. The fourth-order valence-electron chi connectivity index (χ4n) is 4.58. The van der Waals surface area contributed by atoms with Gasteiger partial charge in [0.05, 0.1) is 18.0 Å². The molecule has 0 spiro atoms. The molecule has 3 aromatic carbocycles. The predicted octanol–water partition coefficient (Wildman–Crippen LogP) is 6.75. The van der Waals surface area contributed by atoms with Crippen LogP contribution in [-0.4, -0.2) is 34.0 Å². The highest BCUT2D eigenvalue weighted by Gasteiger charge is 2.27. The van der Waals surface area contributed by atoms with Crippen LogP contribution in [0.4, 0.5) is 5.13 Å². The topological polar surface area (TPSA) is 92.6 Å². The van der Waals surface area contributed by atoms with Crippen LogP contribution in [0.1, 0.15) is 17.5 Å². The Morgan fingerprint density at radius 3 is 2.20 bits per heavy atom. The Hall–Kier alpha value is -4.82. The zero-order chi connectivity index (χ0) is 28.6. The third-order valence-corrected chi connectivity index (χ3v) is 7.60. The van der Waals surface area contributed by atoms with Gasteiger partial charge >= 0.3 is 5.97 Å². The molecule has 2 aromatic heterocycles. The van der Waals surface area contributed by atoms with Gasteiger partial charge in [0.25, 0.3) is 0 Å². The molecule has 7 nitrogen and oxygen atoms in total. The van der Waals surface area contributed by atoms with Crippen molar-refractivity contribution in [3.63, 3.8) is 0 Å². The lowest BCUT2D eigenvalue weighted by molar-refractivity contribution is -0.140. The van der Waals surface area contributed by atoms with Crippen LogP contribution < -0.4 is 9.64 Å². The van der Waals surface area contributed by atoms with E-state index in [9.17, 15) is 14.7 Å². The SMILES string of the molecule is CN(C(=O)C(CC(=O)O)Cc1ccccc1)c1nc(-c2ccccc2-c2ccc(OCc3ccccc3)nc2)cs1. The molecule has 0 aliphatic carbocycles. The van der Waals surface area contributed by atoms with Gasteiger partial charge in [0, 0.05) is 35.8 Å². The van der Waals surface area contributed by atoms with Crippen LogP contribution in [0.3, 0.4) is 0 Å². The minimum Gasteiger partial charge on any atom is -0.481 e. The van der Waals surface area contributed by atoms with Gasteiger partial charge in [-0.05, 0) is 29.2 Å². The summed E-state index contributed by atoms with van der Waals surface area (Å²) in [4.78, 5) is 35.7. The standard InChI is InChI=1S/C33H29N3O4S/c1-36(32(39)26(19-31(37)38)18-23-10-4-2-5-11-23)33-35-29(22-41-33)28-15-9-8-14-27(28)25-16-17-30(34-20-25)40-21-24-12-6-3-7-13-24/h2-17,20,22,26H,18-19,21H2,1H3,(H,37,38). The second-order valence-corrected chi connectivity index (χ2v) is 10.4. The number of aromatic nitrogens is 2. The van der Waals surface area contributed by atoms with Gasteiger partial charge < -0.3 is 9.84 Å². The van der Waals surface area contributed by atoms with E-state index in [1.165, 1.54) is 16.2 Å². The number of carboxylic acids is 1. The van der Waals surface area contributed by atoms with Crippen LogP contribution in [0.15, 0.2) is 109 Å². The summed E-state index contributed by atoms with van der Waals surface area (Å²) < 4.78 is 5.83. The van der Waals surface area contributed by atoms with Gasteiger partial charge in [-0.2, -0.15) is 0 Å². The van der Waals surface area contributed by atoms with Crippen LogP contribution in [0.2, 0.25) is 0 Å². The Labute approximate surface area is 242 Å². The van der Waals surface area contributed by atoms with E-state index in [-0.39, 0.29) is 12.3 Å². The fourth-order valence-corrected chi connectivity index (χ4v) is 5.38. The van der Waals surface area contributed by atoms with Crippen molar-refractivity contribution in [1.82, 2.24) is 9.97 Å². The number of carbonyl (C=O) groups is 2. The van der Waals surface area contributed by atoms with E-state index in [1.807, 2.05) is 102 Å². The Morgan fingerprint density at radius 2 is 1.54 bits per heavy atom. The number of amides is 1. The highest BCUT2D eigenvalue weighted by molar-refractivity contribution is 7.14. The number of pyridine rings is 1. The first-order chi connectivity index (χ1) is 20.0. The summed E-state index contributed by atoms with van der Waals surface area (Å²) in [5.74, 6) is -1.45. The monoisotopic (exact) mass is 563 g/mol. The first-order valence-corrected chi connectivity index (χ1v) is 14.1. The normalized spacial score (nSPS) is 11.5. The van der Waals surface area contributed by atoms with Crippen LogP contribution in [-0.2, 0) is 22.6 Å². The Kier molecular flexibility index (Phi) is 8.81. The van der Waals surface area contributed by atoms with Crippen molar-refractivity contribution in [2.75, 3.05) is 11.9 Å².